The van der Waals surface area contributed by atoms with Gasteiger partial charge in [-0.1, -0.05) is 78.4 Å². The lowest BCUT2D eigenvalue weighted by Gasteiger charge is -2.36. The number of para-hydroxylation sites is 1. The van der Waals surface area contributed by atoms with Gasteiger partial charge in [0.25, 0.3) is 5.91 Å². The monoisotopic (exact) mass is 427 g/mol. The SMILES string of the molecule is CC(=O)NC1(C(C(N)=O)c2ccc(C)cc2)C(=O)N(Cc2ccccc2)c2ccccc21. The molecule has 162 valence electrons. The fourth-order valence-electron chi connectivity index (χ4n) is 4.54. The van der Waals surface area contributed by atoms with Gasteiger partial charge in [-0.3, -0.25) is 14.4 Å². The van der Waals surface area contributed by atoms with Crippen LogP contribution < -0.4 is 16.0 Å². The summed E-state index contributed by atoms with van der Waals surface area (Å²) < 4.78 is 0. The Balaban J connectivity index is 1.93. The zero-order valence-electron chi connectivity index (χ0n) is 18.0. The number of anilines is 1. The van der Waals surface area contributed by atoms with Gasteiger partial charge in [0.1, 0.15) is 0 Å². The number of nitrogens with two attached hydrogens (primary N) is 1. The molecule has 0 aliphatic carbocycles. The number of amides is 3. The number of benzene rings is 3. The molecule has 0 fully saturated rings. The Kier molecular flexibility index (Phi) is 5.53. The summed E-state index contributed by atoms with van der Waals surface area (Å²) in [6.07, 6.45) is 0. The number of hydrogen-bond acceptors (Lipinski definition) is 3. The van der Waals surface area contributed by atoms with Crippen molar-refractivity contribution in [1.82, 2.24) is 5.32 Å². The third kappa shape index (κ3) is 3.54. The predicted octanol–water partition coefficient (Wildman–Crippen LogP) is 3.14. The van der Waals surface area contributed by atoms with E-state index in [2.05, 4.69) is 5.32 Å². The summed E-state index contributed by atoms with van der Waals surface area (Å²) in [5.74, 6) is -2.58. The molecule has 0 radical (unpaired) electrons. The molecule has 0 bridgehead atoms. The Morgan fingerprint density at radius 3 is 2.22 bits per heavy atom. The molecule has 3 N–H and O–H groups in total. The van der Waals surface area contributed by atoms with E-state index >= 15 is 0 Å². The van der Waals surface area contributed by atoms with Gasteiger partial charge in [-0.2, -0.15) is 0 Å². The summed E-state index contributed by atoms with van der Waals surface area (Å²) in [6.45, 7) is 3.58. The highest BCUT2D eigenvalue weighted by atomic mass is 16.2. The van der Waals surface area contributed by atoms with Crippen LogP contribution in [-0.4, -0.2) is 17.7 Å². The van der Waals surface area contributed by atoms with Crippen molar-refractivity contribution >= 4 is 23.4 Å². The van der Waals surface area contributed by atoms with Crippen LogP contribution in [0.3, 0.4) is 0 Å². The van der Waals surface area contributed by atoms with Gasteiger partial charge in [0.2, 0.25) is 11.8 Å². The van der Waals surface area contributed by atoms with Crippen molar-refractivity contribution < 1.29 is 14.4 Å². The highest BCUT2D eigenvalue weighted by Crippen LogP contribution is 2.48. The minimum Gasteiger partial charge on any atom is -0.369 e. The topological polar surface area (TPSA) is 92.5 Å². The van der Waals surface area contributed by atoms with Crippen molar-refractivity contribution in [2.24, 2.45) is 5.73 Å². The number of nitrogens with zero attached hydrogens (tertiary/aromatic N) is 1. The first kappa shape index (κ1) is 21.3. The van der Waals surface area contributed by atoms with Crippen molar-refractivity contribution in [3.05, 3.63) is 101 Å². The molecule has 0 spiro atoms. The quantitative estimate of drug-likeness (QED) is 0.633. The molecule has 3 aromatic rings. The molecule has 32 heavy (non-hydrogen) atoms. The van der Waals surface area contributed by atoms with Crippen molar-refractivity contribution in [3.63, 3.8) is 0 Å². The summed E-state index contributed by atoms with van der Waals surface area (Å²) in [7, 11) is 0. The lowest BCUT2D eigenvalue weighted by molar-refractivity contribution is -0.135. The van der Waals surface area contributed by atoms with Gasteiger partial charge in [-0.05, 0) is 24.1 Å². The van der Waals surface area contributed by atoms with Gasteiger partial charge in [0.05, 0.1) is 18.2 Å². The Labute approximate surface area is 187 Å². The van der Waals surface area contributed by atoms with E-state index < -0.39 is 23.3 Å². The fourth-order valence-corrected chi connectivity index (χ4v) is 4.54. The number of primary amides is 1. The van der Waals surface area contributed by atoms with E-state index in [1.54, 1.807) is 29.2 Å². The summed E-state index contributed by atoms with van der Waals surface area (Å²) in [6, 6.07) is 24.1. The number of carbonyl (C=O) groups excluding carboxylic acids is 3. The van der Waals surface area contributed by atoms with Crippen LogP contribution in [0.4, 0.5) is 5.69 Å². The number of fused-ring (bicyclic) bond motifs is 1. The van der Waals surface area contributed by atoms with Crippen molar-refractivity contribution in [1.29, 1.82) is 0 Å². The van der Waals surface area contributed by atoms with Crippen LogP contribution in [0.1, 0.15) is 35.1 Å². The standard InChI is InChI=1S/C26H25N3O3/c1-17-12-14-20(15-13-17)23(24(27)31)26(28-18(2)30)21-10-6-7-11-22(21)29(25(26)32)16-19-8-4-3-5-9-19/h3-15,23H,16H2,1-2H3,(H2,27,31)(H,28,30). The number of hydrogen-bond donors (Lipinski definition) is 2. The number of carbonyl (C=O) groups is 3. The molecule has 4 rings (SSSR count). The minimum atomic E-state index is -1.64. The summed E-state index contributed by atoms with van der Waals surface area (Å²) in [5.41, 5.74) is 7.98. The third-order valence-corrected chi connectivity index (χ3v) is 5.89. The van der Waals surface area contributed by atoms with E-state index in [9.17, 15) is 14.4 Å². The van der Waals surface area contributed by atoms with Crippen LogP contribution in [0.15, 0.2) is 78.9 Å². The van der Waals surface area contributed by atoms with Crippen molar-refractivity contribution in [2.45, 2.75) is 31.8 Å². The third-order valence-electron chi connectivity index (χ3n) is 5.89. The molecule has 3 aromatic carbocycles. The summed E-state index contributed by atoms with van der Waals surface area (Å²) in [5, 5.41) is 2.84. The average Bonchev–Trinajstić information content (AvgIpc) is 2.99. The van der Waals surface area contributed by atoms with Crippen LogP contribution in [-0.2, 0) is 26.5 Å². The van der Waals surface area contributed by atoms with Gasteiger partial charge in [-0.15, -0.1) is 0 Å². The first-order chi connectivity index (χ1) is 15.3. The van der Waals surface area contributed by atoms with Gasteiger partial charge in [-0.25, -0.2) is 0 Å². The van der Waals surface area contributed by atoms with Gasteiger partial charge >= 0.3 is 0 Å². The minimum absolute atomic E-state index is 0.303. The van der Waals surface area contributed by atoms with Gasteiger partial charge in [0, 0.05) is 12.5 Å². The van der Waals surface area contributed by atoms with E-state index in [1.807, 2.05) is 61.5 Å². The normalized spacial score (nSPS) is 18.2. The lowest BCUT2D eigenvalue weighted by atomic mass is 9.74. The second-order valence-electron chi connectivity index (χ2n) is 8.13. The molecule has 2 unspecified atom stereocenters. The Bertz CT molecular complexity index is 1170. The number of rotatable bonds is 6. The maximum absolute atomic E-state index is 14.1. The molecule has 2 atom stereocenters. The van der Waals surface area contributed by atoms with Crippen molar-refractivity contribution in [3.8, 4) is 0 Å². The second kappa shape index (κ2) is 8.30. The average molecular weight is 428 g/mol. The lowest BCUT2D eigenvalue weighted by Crippen LogP contribution is -2.58. The van der Waals surface area contributed by atoms with Crippen LogP contribution in [0.25, 0.3) is 0 Å². The Morgan fingerprint density at radius 1 is 0.969 bits per heavy atom. The molecule has 3 amide bonds. The highest BCUT2D eigenvalue weighted by molar-refractivity contribution is 6.12. The number of aryl methyl sites for hydroxylation is 1. The summed E-state index contributed by atoms with van der Waals surface area (Å²) >= 11 is 0. The van der Waals surface area contributed by atoms with E-state index in [0.29, 0.717) is 23.4 Å². The molecule has 1 aliphatic heterocycles. The van der Waals surface area contributed by atoms with E-state index in [-0.39, 0.29) is 5.91 Å². The molecule has 6 heteroatoms. The summed E-state index contributed by atoms with van der Waals surface area (Å²) in [4.78, 5) is 41.0. The predicted molar refractivity (Wildman–Crippen MR) is 123 cm³/mol. The molecule has 0 aromatic heterocycles. The van der Waals surface area contributed by atoms with Gasteiger partial charge < -0.3 is 16.0 Å². The zero-order valence-corrected chi connectivity index (χ0v) is 18.0. The second-order valence-corrected chi connectivity index (χ2v) is 8.13. The molecule has 1 heterocycles. The number of nitrogens with one attached hydrogen (secondary N) is 1. The first-order valence-corrected chi connectivity index (χ1v) is 10.4. The van der Waals surface area contributed by atoms with Crippen LogP contribution in [0.5, 0.6) is 0 Å². The Morgan fingerprint density at radius 2 is 1.59 bits per heavy atom. The van der Waals surface area contributed by atoms with Crippen LogP contribution in [0.2, 0.25) is 0 Å². The largest absolute Gasteiger partial charge is 0.369 e. The molecule has 0 saturated carbocycles. The van der Waals surface area contributed by atoms with E-state index in [4.69, 9.17) is 5.73 Å². The van der Waals surface area contributed by atoms with Gasteiger partial charge in [0.15, 0.2) is 5.54 Å². The zero-order chi connectivity index (χ0) is 22.9. The van der Waals surface area contributed by atoms with Crippen LogP contribution >= 0.6 is 0 Å². The smallest absolute Gasteiger partial charge is 0.259 e. The van der Waals surface area contributed by atoms with Crippen LogP contribution in [0, 0.1) is 6.92 Å². The first-order valence-electron chi connectivity index (χ1n) is 10.4. The van der Waals surface area contributed by atoms with E-state index in [1.165, 1.54) is 6.92 Å². The molecular weight excluding hydrogens is 402 g/mol. The molecule has 1 aliphatic rings. The fraction of sp³-hybridized carbons (Fsp3) is 0.192. The highest BCUT2D eigenvalue weighted by Gasteiger charge is 2.58. The Hall–Kier alpha value is -3.93. The maximum atomic E-state index is 14.1. The molecule has 0 saturated heterocycles. The van der Waals surface area contributed by atoms with E-state index in [0.717, 1.165) is 11.1 Å². The maximum Gasteiger partial charge on any atom is 0.259 e. The molecular formula is C26H25N3O3. The van der Waals surface area contributed by atoms with Crippen molar-refractivity contribution in [2.75, 3.05) is 4.90 Å². The molecule has 6 nitrogen and oxygen atoms in total.